The highest BCUT2D eigenvalue weighted by atomic mass is 16.5. The smallest absolute Gasteiger partial charge is 0.225 e. The highest BCUT2D eigenvalue weighted by molar-refractivity contribution is 5.79. The number of carbonyl (C=O) groups is 1. The van der Waals surface area contributed by atoms with E-state index in [1.807, 2.05) is 18.2 Å². The van der Waals surface area contributed by atoms with Gasteiger partial charge in [0.25, 0.3) is 0 Å². The third-order valence-corrected chi connectivity index (χ3v) is 4.45. The number of ether oxygens (including phenoxy) is 1. The summed E-state index contributed by atoms with van der Waals surface area (Å²) < 4.78 is 5.45. The molecule has 1 aromatic carbocycles. The van der Waals surface area contributed by atoms with Crippen LogP contribution in [0.4, 0.5) is 0 Å². The van der Waals surface area contributed by atoms with Gasteiger partial charge in [-0.1, -0.05) is 35.9 Å². The molecule has 1 fully saturated rings. The summed E-state index contributed by atoms with van der Waals surface area (Å²) in [6.45, 7) is 3.35. The zero-order valence-electron chi connectivity index (χ0n) is 14.1. The van der Waals surface area contributed by atoms with Gasteiger partial charge >= 0.3 is 0 Å². The number of rotatable bonds is 5. The van der Waals surface area contributed by atoms with Crippen LogP contribution in [0, 0.1) is 12.8 Å². The van der Waals surface area contributed by atoms with Gasteiger partial charge in [-0.3, -0.25) is 9.78 Å². The lowest BCUT2D eigenvalue weighted by Crippen LogP contribution is -2.38. The fourth-order valence-corrected chi connectivity index (χ4v) is 3.01. The highest BCUT2D eigenvalue weighted by Gasteiger charge is 2.25. The van der Waals surface area contributed by atoms with E-state index in [4.69, 9.17) is 4.74 Å². The van der Waals surface area contributed by atoms with E-state index in [0.29, 0.717) is 6.61 Å². The Labute approximate surface area is 143 Å². The number of nitrogens with one attached hydrogen (secondary N) is 1. The summed E-state index contributed by atoms with van der Waals surface area (Å²) in [6, 6.07) is 14.1. The number of nitrogens with zero attached hydrogens (tertiary/aromatic N) is 1. The fraction of sp³-hybridized carbons (Fsp3) is 0.400. The lowest BCUT2D eigenvalue weighted by atomic mass is 9.98. The second-order valence-electron chi connectivity index (χ2n) is 6.42. The Morgan fingerprint density at radius 3 is 2.79 bits per heavy atom. The van der Waals surface area contributed by atoms with Crippen LogP contribution < -0.4 is 5.32 Å². The van der Waals surface area contributed by atoms with Crippen molar-refractivity contribution in [3.63, 3.8) is 0 Å². The molecule has 2 heterocycles. The van der Waals surface area contributed by atoms with Crippen molar-refractivity contribution in [1.82, 2.24) is 10.3 Å². The first-order valence-electron chi connectivity index (χ1n) is 8.57. The maximum atomic E-state index is 12.6. The van der Waals surface area contributed by atoms with E-state index in [1.54, 1.807) is 6.20 Å². The molecule has 0 saturated carbocycles. The second kappa shape index (κ2) is 8.06. The first-order chi connectivity index (χ1) is 11.7. The first kappa shape index (κ1) is 16.7. The quantitative estimate of drug-likeness (QED) is 0.919. The third kappa shape index (κ3) is 4.42. The van der Waals surface area contributed by atoms with E-state index in [1.165, 1.54) is 11.1 Å². The molecule has 0 spiro atoms. The molecule has 1 aromatic heterocycles. The molecule has 4 heteroatoms. The molecule has 2 unspecified atom stereocenters. The van der Waals surface area contributed by atoms with Crippen LogP contribution in [0.25, 0.3) is 0 Å². The zero-order chi connectivity index (χ0) is 16.8. The molecular weight excluding hydrogens is 300 g/mol. The van der Waals surface area contributed by atoms with Gasteiger partial charge in [0.1, 0.15) is 0 Å². The van der Waals surface area contributed by atoms with Crippen molar-refractivity contribution in [3.05, 3.63) is 65.5 Å². The molecule has 2 aromatic rings. The van der Waals surface area contributed by atoms with Gasteiger partial charge < -0.3 is 10.1 Å². The highest BCUT2D eigenvalue weighted by Crippen LogP contribution is 2.20. The van der Waals surface area contributed by atoms with Crippen LogP contribution in [0.3, 0.4) is 0 Å². The average molecular weight is 324 g/mol. The van der Waals surface area contributed by atoms with E-state index in [2.05, 4.69) is 41.5 Å². The second-order valence-corrected chi connectivity index (χ2v) is 6.42. The van der Waals surface area contributed by atoms with Gasteiger partial charge in [0.15, 0.2) is 0 Å². The third-order valence-electron chi connectivity index (χ3n) is 4.45. The maximum absolute atomic E-state index is 12.6. The van der Waals surface area contributed by atoms with Crippen molar-refractivity contribution < 1.29 is 9.53 Å². The van der Waals surface area contributed by atoms with E-state index in [0.717, 1.165) is 31.6 Å². The van der Waals surface area contributed by atoms with Crippen molar-refractivity contribution in [2.75, 3.05) is 13.2 Å². The molecule has 0 aliphatic carbocycles. The van der Waals surface area contributed by atoms with E-state index in [-0.39, 0.29) is 17.9 Å². The molecule has 1 N–H and O–H groups in total. The SMILES string of the molecule is Cc1ccc(CC(NC(=O)C2CCCOC2)c2ccccn2)cc1. The van der Waals surface area contributed by atoms with Gasteiger partial charge in [-0.05, 0) is 43.9 Å². The summed E-state index contributed by atoms with van der Waals surface area (Å²) in [4.78, 5) is 17.1. The minimum Gasteiger partial charge on any atom is -0.381 e. The predicted molar refractivity (Wildman–Crippen MR) is 93.5 cm³/mol. The Hall–Kier alpha value is -2.20. The van der Waals surface area contributed by atoms with Crippen LogP contribution >= 0.6 is 0 Å². The first-order valence-corrected chi connectivity index (χ1v) is 8.57. The Morgan fingerprint density at radius 2 is 2.12 bits per heavy atom. The monoisotopic (exact) mass is 324 g/mol. The van der Waals surface area contributed by atoms with Crippen LogP contribution in [-0.4, -0.2) is 24.1 Å². The van der Waals surface area contributed by atoms with E-state index >= 15 is 0 Å². The zero-order valence-corrected chi connectivity index (χ0v) is 14.1. The molecule has 1 amide bonds. The van der Waals surface area contributed by atoms with Crippen molar-refractivity contribution in [2.24, 2.45) is 5.92 Å². The van der Waals surface area contributed by atoms with Gasteiger partial charge in [-0.2, -0.15) is 0 Å². The normalized spacial score (nSPS) is 18.8. The molecule has 1 aliphatic rings. The summed E-state index contributed by atoms with van der Waals surface area (Å²) in [5, 5.41) is 3.18. The minimum atomic E-state index is -0.122. The lowest BCUT2D eigenvalue weighted by Gasteiger charge is -2.25. The van der Waals surface area contributed by atoms with Crippen molar-refractivity contribution in [1.29, 1.82) is 0 Å². The molecule has 0 bridgehead atoms. The maximum Gasteiger partial charge on any atom is 0.225 e. The summed E-state index contributed by atoms with van der Waals surface area (Å²) in [7, 11) is 0. The Kier molecular flexibility index (Phi) is 5.59. The predicted octanol–water partition coefficient (Wildman–Crippen LogP) is 3.22. The Bertz CT molecular complexity index is 649. The molecular formula is C20H24N2O2. The molecule has 2 atom stereocenters. The Morgan fingerprint density at radius 1 is 1.29 bits per heavy atom. The van der Waals surface area contributed by atoms with Crippen molar-refractivity contribution in [3.8, 4) is 0 Å². The van der Waals surface area contributed by atoms with Crippen LogP contribution in [-0.2, 0) is 16.0 Å². The summed E-state index contributed by atoms with van der Waals surface area (Å²) in [6.07, 6.45) is 4.35. The topological polar surface area (TPSA) is 51.2 Å². The van der Waals surface area contributed by atoms with Gasteiger partial charge in [0.2, 0.25) is 5.91 Å². The van der Waals surface area contributed by atoms with E-state index < -0.39 is 0 Å². The molecule has 126 valence electrons. The molecule has 1 saturated heterocycles. The standard InChI is InChI=1S/C20H24N2O2/c1-15-7-9-16(10-8-15)13-19(18-6-2-3-11-21-18)22-20(23)17-5-4-12-24-14-17/h2-3,6-11,17,19H,4-5,12-14H2,1H3,(H,22,23). The van der Waals surface area contributed by atoms with Gasteiger partial charge in [-0.15, -0.1) is 0 Å². The van der Waals surface area contributed by atoms with Gasteiger partial charge in [0.05, 0.1) is 24.3 Å². The summed E-state index contributed by atoms with van der Waals surface area (Å²) in [5.41, 5.74) is 3.32. The number of benzene rings is 1. The minimum absolute atomic E-state index is 0.0528. The van der Waals surface area contributed by atoms with Crippen LogP contribution in [0.5, 0.6) is 0 Å². The number of carbonyl (C=O) groups excluding carboxylic acids is 1. The summed E-state index contributed by atoms with van der Waals surface area (Å²) >= 11 is 0. The number of aromatic nitrogens is 1. The number of amides is 1. The van der Waals surface area contributed by atoms with Crippen molar-refractivity contribution in [2.45, 2.75) is 32.2 Å². The summed E-state index contributed by atoms with van der Waals surface area (Å²) in [5.74, 6) is 0.0143. The molecule has 0 radical (unpaired) electrons. The van der Waals surface area contributed by atoms with Crippen molar-refractivity contribution >= 4 is 5.91 Å². The number of hydrogen-bond acceptors (Lipinski definition) is 3. The molecule has 4 nitrogen and oxygen atoms in total. The van der Waals surface area contributed by atoms with Gasteiger partial charge in [-0.25, -0.2) is 0 Å². The molecule has 24 heavy (non-hydrogen) atoms. The number of aryl methyl sites for hydroxylation is 1. The fourth-order valence-electron chi connectivity index (χ4n) is 3.01. The van der Waals surface area contributed by atoms with Gasteiger partial charge in [0, 0.05) is 12.8 Å². The van der Waals surface area contributed by atoms with Crippen LogP contribution in [0.1, 0.15) is 35.7 Å². The molecule has 3 rings (SSSR count). The largest absolute Gasteiger partial charge is 0.381 e. The average Bonchev–Trinajstić information content (AvgIpc) is 2.64. The van der Waals surface area contributed by atoms with Crippen LogP contribution in [0.2, 0.25) is 0 Å². The number of hydrogen-bond donors (Lipinski definition) is 1. The van der Waals surface area contributed by atoms with Crippen LogP contribution in [0.15, 0.2) is 48.7 Å². The van der Waals surface area contributed by atoms with E-state index in [9.17, 15) is 4.79 Å². The Balaban J connectivity index is 1.74. The lowest BCUT2D eigenvalue weighted by molar-refractivity contribution is -0.129. The molecule has 1 aliphatic heterocycles. The number of pyridine rings is 1.